The van der Waals surface area contributed by atoms with Crippen molar-refractivity contribution in [3.63, 3.8) is 0 Å². The maximum atomic E-state index is 2.52. The first-order chi connectivity index (χ1) is 16.7. The van der Waals surface area contributed by atoms with Crippen LogP contribution in [0.15, 0.2) is 108 Å². The van der Waals surface area contributed by atoms with Gasteiger partial charge in [-0.2, -0.15) is 0 Å². The van der Waals surface area contributed by atoms with Gasteiger partial charge in [0.1, 0.15) is 0 Å². The van der Waals surface area contributed by atoms with Crippen LogP contribution in [0.3, 0.4) is 0 Å². The van der Waals surface area contributed by atoms with Gasteiger partial charge in [0.15, 0.2) is 0 Å². The van der Waals surface area contributed by atoms with E-state index in [2.05, 4.69) is 110 Å². The fourth-order valence-electron chi connectivity index (χ4n) is 6.76. The molecular formula is C33H29P. The van der Waals surface area contributed by atoms with Crippen molar-refractivity contribution in [2.24, 2.45) is 0 Å². The van der Waals surface area contributed by atoms with Gasteiger partial charge in [0.05, 0.1) is 5.41 Å². The van der Waals surface area contributed by atoms with Gasteiger partial charge in [-0.3, -0.25) is 0 Å². The molecule has 0 N–H and O–H groups in total. The average Bonchev–Trinajstić information content (AvgIpc) is 3.46. The molecule has 3 aromatic carbocycles. The van der Waals surface area contributed by atoms with Crippen molar-refractivity contribution in [3.8, 4) is 11.1 Å². The van der Waals surface area contributed by atoms with E-state index in [0.717, 1.165) is 19.3 Å². The first kappa shape index (κ1) is 20.4. The number of fused-ring (bicyclic) bond motifs is 9. The van der Waals surface area contributed by atoms with Crippen LogP contribution in [0.2, 0.25) is 0 Å². The maximum absolute atomic E-state index is 2.52. The van der Waals surface area contributed by atoms with E-state index in [-0.39, 0.29) is 13.3 Å². The molecule has 2 atom stereocenters. The first-order valence-electron chi connectivity index (χ1n) is 12.5. The van der Waals surface area contributed by atoms with Crippen LogP contribution in [-0.4, -0.2) is 19.0 Å². The third-order valence-corrected chi connectivity index (χ3v) is 10.1. The second kappa shape index (κ2) is 7.53. The lowest BCUT2D eigenvalue weighted by molar-refractivity contribution is 0.714. The summed E-state index contributed by atoms with van der Waals surface area (Å²) in [6.45, 7) is 4.78. The second-order valence-corrected chi connectivity index (χ2v) is 12.8. The van der Waals surface area contributed by atoms with Gasteiger partial charge < -0.3 is 0 Å². The summed E-state index contributed by atoms with van der Waals surface area (Å²) >= 11 is 0. The predicted molar refractivity (Wildman–Crippen MR) is 147 cm³/mol. The smallest absolute Gasteiger partial charge is 0.0716 e. The van der Waals surface area contributed by atoms with Crippen molar-refractivity contribution in [1.29, 1.82) is 0 Å². The Bertz CT molecular complexity index is 1460. The normalized spacial score (nSPS) is 23.7. The highest BCUT2D eigenvalue weighted by Crippen LogP contribution is 2.61. The Labute approximate surface area is 204 Å². The van der Waals surface area contributed by atoms with Crippen LogP contribution in [0, 0.1) is 0 Å². The Hall–Kier alpha value is -2.95. The summed E-state index contributed by atoms with van der Waals surface area (Å²) in [5.74, 6) is 0. The Balaban J connectivity index is 1.49. The van der Waals surface area contributed by atoms with E-state index in [0.29, 0.717) is 5.66 Å². The highest BCUT2D eigenvalue weighted by atomic mass is 31.1. The van der Waals surface area contributed by atoms with Crippen molar-refractivity contribution in [3.05, 3.63) is 136 Å². The topological polar surface area (TPSA) is 0 Å². The summed E-state index contributed by atoms with van der Waals surface area (Å²) < 4.78 is 0. The molecule has 1 spiro atoms. The van der Waals surface area contributed by atoms with Crippen molar-refractivity contribution in [2.75, 3.05) is 13.3 Å². The Morgan fingerprint density at radius 2 is 1.59 bits per heavy atom. The molecule has 0 heterocycles. The fraction of sp³-hybridized carbons (Fsp3) is 0.212. The highest BCUT2D eigenvalue weighted by molar-refractivity contribution is 7.57. The summed E-state index contributed by atoms with van der Waals surface area (Å²) in [6, 6.07) is 25.6. The third kappa shape index (κ3) is 2.70. The molecule has 4 aliphatic rings. The van der Waals surface area contributed by atoms with E-state index in [9.17, 15) is 0 Å². The first-order valence-corrected chi connectivity index (χ1v) is 14.8. The zero-order valence-corrected chi connectivity index (χ0v) is 20.8. The predicted octanol–water partition coefficient (Wildman–Crippen LogP) is 8.27. The minimum atomic E-state index is -0.207. The van der Waals surface area contributed by atoms with Gasteiger partial charge >= 0.3 is 0 Å². The van der Waals surface area contributed by atoms with Crippen LogP contribution in [0.5, 0.6) is 0 Å². The number of hydrogen-bond acceptors (Lipinski definition) is 0. The van der Waals surface area contributed by atoms with Gasteiger partial charge in [-0.15, -0.1) is 7.92 Å². The van der Waals surface area contributed by atoms with Gasteiger partial charge in [-0.25, -0.2) is 0 Å². The number of rotatable bonds is 2. The van der Waals surface area contributed by atoms with Crippen LogP contribution in [0.4, 0.5) is 0 Å². The summed E-state index contributed by atoms with van der Waals surface area (Å²) in [6.07, 6.45) is 15.5. The zero-order chi connectivity index (χ0) is 22.9. The quantitative estimate of drug-likeness (QED) is 0.341. The molecule has 4 aliphatic carbocycles. The number of hydrogen-bond donors (Lipinski definition) is 0. The molecule has 0 amide bonds. The molecule has 0 radical (unpaired) electrons. The molecule has 0 nitrogen and oxygen atoms in total. The van der Waals surface area contributed by atoms with Crippen molar-refractivity contribution < 1.29 is 0 Å². The molecule has 0 aliphatic heterocycles. The molecule has 2 unspecified atom stereocenters. The van der Waals surface area contributed by atoms with Gasteiger partial charge in [0.25, 0.3) is 0 Å². The van der Waals surface area contributed by atoms with E-state index in [1.165, 1.54) is 55.7 Å². The summed E-state index contributed by atoms with van der Waals surface area (Å²) in [5, 5.41) is 0. The lowest BCUT2D eigenvalue weighted by atomic mass is 9.60. The van der Waals surface area contributed by atoms with Crippen LogP contribution in [0.25, 0.3) is 16.7 Å². The molecule has 3 aromatic rings. The SMILES string of the molecule is CP(C)C1C=CC(c2ccc3c(c2)C2(C4=CCC=C4Cc4ccccc42)c2ccccc2-3)=CC1. The number of allylic oxidation sites excluding steroid dienone is 8. The molecule has 1 heteroatoms. The minimum absolute atomic E-state index is 0.0615. The third-order valence-electron chi connectivity index (χ3n) is 8.36. The van der Waals surface area contributed by atoms with E-state index in [1.54, 1.807) is 0 Å². The summed E-state index contributed by atoms with van der Waals surface area (Å²) in [7, 11) is 0.0615. The van der Waals surface area contributed by atoms with E-state index < -0.39 is 0 Å². The van der Waals surface area contributed by atoms with Crippen LogP contribution >= 0.6 is 7.92 Å². The highest BCUT2D eigenvalue weighted by Gasteiger charge is 2.51. The maximum Gasteiger partial charge on any atom is 0.0716 e. The van der Waals surface area contributed by atoms with Crippen molar-refractivity contribution in [2.45, 2.75) is 30.3 Å². The van der Waals surface area contributed by atoms with Gasteiger partial charge in [-0.05, 0) is 94.3 Å². The van der Waals surface area contributed by atoms with E-state index in [1.807, 2.05) is 0 Å². The molecule has 0 aromatic heterocycles. The standard InChI is InChI=1S/C33H29P/c1-34(2)26-17-14-22(15-18-26)23-16-19-28-27-10-4-6-12-31(27)33(32(28)21-23)29-11-5-3-8-24(29)20-25-9-7-13-30(25)33/h3-6,8-17,19,21,26H,7,18,20H2,1-2H3. The molecule has 34 heavy (non-hydrogen) atoms. The Morgan fingerprint density at radius 1 is 0.794 bits per heavy atom. The lowest BCUT2D eigenvalue weighted by Crippen LogP contribution is -2.34. The molecule has 0 bridgehead atoms. The van der Waals surface area contributed by atoms with Crippen LogP contribution in [-0.2, 0) is 11.8 Å². The fourth-order valence-corrected chi connectivity index (χ4v) is 7.71. The van der Waals surface area contributed by atoms with Gasteiger partial charge in [0.2, 0.25) is 0 Å². The van der Waals surface area contributed by atoms with Gasteiger partial charge in [0, 0.05) is 5.66 Å². The average molecular weight is 457 g/mol. The molecule has 0 saturated heterocycles. The lowest BCUT2D eigenvalue weighted by Gasteiger charge is -2.41. The monoisotopic (exact) mass is 456 g/mol. The number of benzene rings is 3. The van der Waals surface area contributed by atoms with Crippen molar-refractivity contribution >= 4 is 13.5 Å². The zero-order valence-electron chi connectivity index (χ0n) is 19.9. The molecule has 0 fully saturated rings. The van der Waals surface area contributed by atoms with Crippen LogP contribution in [0.1, 0.15) is 40.7 Å². The molecular weight excluding hydrogens is 427 g/mol. The molecule has 166 valence electrons. The Morgan fingerprint density at radius 3 is 2.41 bits per heavy atom. The summed E-state index contributed by atoms with van der Waals surface area (Å²) in [5.41, 5.74) is 14.9. The van der Waals surface area contributed by atoms with Gasteiger partial charge in [-0.1, -0.05) is 91.0 Å². The van der Waals surface area contributed by atoms with E-state index in [4.69, 9.17) is 0 Å². The van der Waals surface area contributed by atoms with Crippen molar-refractivity contribution in [1.82, 2.24) is 0 Å². The molecule has 7 rings (SSSR count). The van der Waals surface area contributed by atoms with E-state index >= 15 is 0 Å². The molecule has 0 saturated carbocycles. The van der Waals surface area contributed by atoms with Crippen LogP contribution < -0.4 is 0 Å². The minimum Gasteiger partial charge on any atom is -0.106 e. The Kier molecular flexibility index (Phi) is 4.52. The largest absolute Gasteiger partial charge is 0.106 e. The summed E-state index contributed by atoms with van der Waals surface area (Å²) in [4.78, 5) is 0. The second-order valence-electron chi connectivity index (χ2n) is 10.3.